The molecule has 0 saturated carbocycles. The zero-order chi connectivity index (χ0) is 28.1. The highest BCUT2D eigenvalue weighted by Gasteiger charge is 2.39. The molecule has 40 heavy (non-hydrogen) atoms. The Kier molecular flexibility index (Phi) is 7.75. The molecule has 4 aromatic rings. The van der Waals surface area contributed by atoms with Crippen LogP contribution in [0.5, 0.6) is 0 Å². The molecule has 0 spiro atoms. The van der Waals surface area contributed by atoms with E-state index in [1.165, 1.54) is 6.07 Å². The maximum absolute atomic E-state index is 13.6. The highest BCUT2D eigenvalue weighted by Crippen LogP contribution is 2.31. The zero-order valence-corrected chi connectivity index (χ0v) is 21.3. The molecule has 0 radical (unpaired) electrons. The van der Waals surface area contributed by atoms with Gasteiger partial charge in [-0.15, -0.1) is 0 Å². The van der Waals surface area contributed by atoms with Gasteiger partial charge in [0.2, 0.25) is 0 Å². The Hall–Kier alpha value is -4.75. The van der Waals surface area contributed by atoms with Gasteiger partial charge in [0.05, 0.1) is 29.4 Å². The number of benzodiazepines with no additional fused rings is 1. The van der Waals surface area contributed by atoms with Crippen LogP contribution in [0, 0.1) is 11.3 Å². The number of para-hydroxylation sites is 1. The lowest BCUT2D eigenvalue weighted by atomic mass is 10.0. The molecule has 2 heterocycles. The lowest BCUT2D eigenvalue weighted by molar-refractivity contribution is -0.133. The molecule has 1 amide bonds. The van der Waals surface area contributed by atoms with Crippen molar-refractivity contribution in [2.75, 3.05) is 18.0 Å². The molecule has 0 fully saturated rings. The second kappa shape index (κ2) is 11.6. The molecule has 0 bridgehead atoms. The van der Waals surface area contributed by atoms with E-state index in [2.05, 4.69) is 21.4 Å². The topological polar surface area (TPSA) is 86.3 Å². The van der Waals surface area contributed by atoms with Gasteiger partial charge in [0, 0.05) is 42.5 Å². The van der Waals surface area contributed by atoms with Crippen molar-refractivity contribution in [2.45, 2.75) is 25.3 Å². The van der Waals surface area contributed by atoms with Crippen molar-refractivity contribution < 1.29 is 18.0 Å². The van der Waals surface area contributed by atoms with Gasteiger partial charge in [0.1, 0.15) is 6.54 Å². The number of nitriles is 1. The van der Waals surface area contributed by atoms with E-state index < -0.39 is 24.8 Å². The summed E-state index contributed by atoms with van der Waals surface area (Å²) in [5.74, 6) is -0.776. The lowest BCUT2D eigenvalue weighted by Crippen LogP contribution is -2.48. The van der Waals surface area contributed by atoms with Crippen LogP contribution in [0.15, 0.2) is 96.4 Å². The third-order valence-corrected chi connectivity index (χ3v) is 6.55. The van der Waals surface area contributed by atoms with Crippen molar-refractivity contribution in [3.8, 4) is 6.07 Å². The van der Waals surface area contributed by atoms with Crippen LogP contribution in [0.3, 0.4) is 0 Å². The SMILES string of the molecule is N#Cc1ccc(Cn2cncc2CCN[C@@H]2N=C(c3ccccc3)c3ccccc3N(CC(F)(F)F)C2=O)cc1. The second-order valence-electron chi connectivity index (χ2n) is 9.33. The number of aliphatic imine (C=N–C) groups is 1. The molecule has 7 nitrogen and oxygen atoms in total. The molecule has 3 aromatic carbocycles. The number of anilines is 1. The fourth-order valence-electron chi connectivity index (χ4n) is 4.65. The summed E-state index contributed by atoms with van der Waals surface area (Å²) >= 11 is 0. The number of hydrogen-bond donors (Lipinski definition) is 1. The maximum Gasteiger partial charge on any atom is 0.406 e. The minimum Gasteiger partial charge on any atom is -0.330 e. The molecule has 1 N–H and O–H groups in total. The van der Waals surface area contributed by atoms with E-state index >= 15 is 0 Å². The fraction of sp³-hybridized carbons (Fsp3) is 0.200. The summed E-state index contributed by atoms with van der Waals surface area (Å²) in [5.41, 5.74) is 4.20. The second-order valence-corrected chi connectivity index (χ2v) is 9.33. The van der Waals surface area contributed by atoms with Crippen molar-refractivity contribution in [1.82, 2.24) is 14.9 Å². The van der Waals surface area contributed by atoms with Crippen molar-refractivity contribution in [1.29, 1.82) is 5.26 Å². The zero-order valence-electron chi connectivity index (χ0n) is 21.3. The standard InChI is InChI=1S/C30H25F3N6O/c31-30(32,33)19-39-26-9-5-4-8-25(26)27(23-6-2-1-3-7-23)37-28(29(39)40)36-15-14-24-17-35-20-38(24)18-22-12-10-21(16-34)11-13-22/h1-13,17,20,28,36H,14-15,18-19H2/t28-/m1/s1. The smallest absolute Gasteiger partial charge is 0.330 e. The van der Waals surface area contributed by atoms with Crippen LogP contribution >= 0.6 is 0 Å². The van der Waals surface area contributed by atoms with Gasteiger partial charge in [-0.1, -0.05) is 60.7 Å². The normalized spacial score (nSPS) is 15.2. The number of amides is 1. The summed E-state index contributed by atoms with van der Waals surface area (Å²) in [6, 6.07) is 25.0. The molecule has 1 atom stereocenters. The highest BCUT2D eigenvalue weighted by atomic mass is 19.4. The molecule has 0 aliphatic carbocycles. The molecule has 0 saturated heterocycles. The number of halogens is 3. The third kappa shape index (κ3) is 6.11. The predicted octanol–water partition coefficient (Wildman–Crippen LogP) is 4.71. The van der Waals surface area contributed by atoms with Crippen LogP contribution in [0.25, 0.3) is 0 Å². The van der Waals surface area contributed by atoms with E-state index in [1.807, 2.05) is 47.0 Å². The van der Waals surface area contributed by atoms with E-state index in [-0.39, 0.29) is 12.2 Å². The average Bonchev–Trinajstić information content (AvgIpc) is 3.36. The molecule has 10 heteroatoms. The molecule has 1 aliphatic rings. The molecule has 5 rings (SSSR count). The van der Waals surface area contributed by atoms with Gasteiger partial charge in [-0.3, -0.25) is 20.0 Å². The van der Waals surface area contributed by atoms with Gasteiger partial charge in [0.15, 0.2) is 6.17 Å². The Morgan fingerprint density at radius 3 is 2.42 bits per heavy atom. The van der Waals surface area contributed by atoms with Gasteiger partial charge >= 0.3 is 6.18 Å². The number of benzene rings is 3. The summed E-state index contributed by atoms with van der Waals surface area (Å²) in [6.07, 6.45) is -1.95. The molecule has 1 aromatic heterocycles. The van der Waals surface area contributed by atoms with Crippen LogP contribution in [0.2, 0.25) is 0 Å². The summed E-state index contributed by atoms with van der Waals surface area (Å²) in [6.45, 7) is -0.610. The number of carbonyl (C=O) groups is 1. The van der Waals surface area contributed by atoms with Crippen LogP contribution in [-0.4, -0.2) is 46.6 Å². The van der Waals surface area contributed by atoms with Gasteiger partial charge in [0.25, 0.3) is 5.91 Å². The Morgan fingerprint density at radius 1 is 0.975 bits per heavy atom. The number of hydrogen-bond acceptors (Lipinski definition) is 5. The minimum absolute atomic E-state index is 0.164. The van der Waals surface area contributed by atoms with Crippen LogP contribution in [0.1, 0.15) is 27.9 Å². The van der Waals surface area contributed by atoms with Gasteiger partial charge in [-0.25, -0.2) is 4.98 Å². The Labute approximate surface area is 229 Å². The summed E-state index contributed by atoms with van der Waals surface area (Å²) in [7, 11) is 0. The lowest BCUT2D eigenvalue weighted by Gasteiger charge is -2.26. The van der Waals surface area contributed by atoms with Crippen LogP contribution in [0.4, 0.5) is 18.9 Å². The molecular weight excluding hydrogens is 517 g/mol. The quantitative estimate of drug-likeness (QED) is 0.350. The summed E-state index contributed by atoms with van der Waals surface area (Å²) < 4.78 is 42.8. The Balaban J connectivity index is 1.39. The van der Waals surface area contributed by atoms with Crippen molar-refractivity contribution in [3.05, 3.63) is 119 Å². The number of carbonyl (C=O) groups excluding carboxylic acids is 1. The van der Waals surface area contributed by atoms with Gasteiger partial charge in [-0.05, 0) is 23.8 Å². The number of imidazole rings is 1. The molecule has 1 aliphatic heterocycles. The Morgan fingerprint density at radius 2 is 1.70 bits per heavy atom. The summed E-state index contributed by atoms with van der Waals surface area (Å²) in [5, 5.41) is 12.1. The van der Waals surface area contributed by atoms with Crippen molar-refractivity contribution >= 4 is 17.3 Å². The minimum atomic E-state index is -4.59. The Bertz CT molecular complexity index is 1550. The van der Waals surface area contributed by atoms with E-state index in [4.69, 9.17) is 5.26 Å². The van der Waals surface area contributed by atoms with Crippen LogP contribution in [-0.2, 0) is 17.8 Å². The van der Waals surface area contributed by atoms with Crippen LogP contribution < -0.4 is 10.2 Å². The third-order valence-electron chi connectivity index (χ3n) is 6.55. The largest absolute Gasteiger partial charge is 0.406 e. The van der Waals surface area contributed by atoms with Gasteiger partial charge < -0.3 is 4.57 Å². The first-order valence-electron chi connectivity index (χ1n) is 12.6. The van der Waals surface area contributed by atoms with Crippen molar-refractivity contribution in [3.63, 3.8) is 0 Å². The number of rotatable bonds is 8. The fourth-order valence-corrected chi connectivity index (χ4v) is 4.65. The monoisotopic (exact) mass is 542 g/mol. The van der Waals surface area contributed by atoms with E-state index in [1.54, 1.807) is 42.9 Å². The van der Waals surface area contributed by atoms with E-state index in [0.29, 0.717) is 35.4 Å². The first-order valence-corrected chi connectivity index (χ1v) is 12.6. The maximum atomic E-state index is 13.6. The summed E-state index contributed by atoms with van der Waals surface area (Å²) in [4.78, 5) is 23.2. The number of aromatic nitrogens is 2. The number of alkyl halides is 3. The first-order chi connectivity index (χ1) is 19.3. The number of nitrogens with zero attached hydrogens (tertiary/aromatic N) is 5. The molecule has 0 unspecified atom stereocenters. The highest BCUT2D eigenvalue weighted by molar-refractivity contribution is 6.20. The predicted molar refractivity (Wildman–Crippen MR) is 145 cm³/mol. The van der Waals surface area contributed by atoms with Crippen molar-refractivity contribution in [2.24, 2.45) is 4.99 Å². The van der Waals surface area contributed by atoms with E-state index in [9.17, 15) is 18.0 Å². The first kappa shape index (κ1) is 26.8. The molecule has 202 valence electrons. The number of nitrogens with one attached hydrogen (secondary N) is 1. The number of fused-ring (bicyclic) bond motifs is 1. The van der Waals surface area contributed by atoms with E-state index in [0.717, 1.165) is 16.2 Å². The average molecular weight is 543 g/mol. The molecular formula is C30H25F3N6O. The van der Waals surface area contributed by atoms with Gasteiger partial charge in [-0.2, -0.15) is 18.4 Å².